The zero-order valence-corrected chi connectivity index (χ0v) is 16.0. The van der Waals surface area contributed by atoms with Crippen molar-refractivity contribution in [1.29, 1.82) is 0 Å². The van der Waals surface area contributed by atoms with E-state index >= 15 is 0 Å². The van der Waals surface area contributed by atoms with Crippen molar-refractivity contribution in [3.05, 3.63) is 29.8 Å². The number of hydrogen-bond acceptors (Lipinski definition) is 4. The molecule has 1 aliphatic heterocycles. The van der Waals surface area contributed by atoms with Crippen molar-refractivity contribution in [2.75, 3.05) is 33.4 Å². The topological polar surface area (TPSA) is 66.9 Å². The number of morpholine rings is 1. The Bertz CT molecular complexity index is 751. The minimum Gasteiger partial charge on any atom is -0.379 e. The van der Waals surface area contributed by atoms with E-state index < -0.39 is 10.0 Å². The van der Waals surface area contributed by atoms with Gasteiger partial charge in [-0.25, -0.2) is 8.42 Å². The third kappa shape index (κ3) is 3.52. The molecule has 0 spiro atoms. The predicted molar refractivity (Wildman–Crippen MR) is 97.3 cm³/mol. The van der Waals surface area contributed by atoms with Crippen LogP contribution in [-0.2, 0) is 14.8 Å². The first-order valence-electron chi connectivity index (χ1n) is 9.43. The molecule has 142 valence electrons. The minimum atomic E-state index is -3.52. The van der Waals surface area contributed by atoms with Crippen LogP contribution in [0, 0.1) is 11.8 Å². The van der Waals surface area contributed by atoms with E-state index in [0.717, 1.165) is 0 Å². The normalized spacial score (nSPS) is 21.8. The Kier molecular flexibility index (Phi) is 4.79. The fraction of sp³-hybridized carbons (Fsp3) is 0.632. The second kappa shape index (κ2) is 6.94. The molecule has 26 heavy (non-hydrogen) atoms. The predicted octanol–water partition coefficient (Wildman–Crippen LogP) is 1.97. The molecule has 4 rings (SSSR count). The smallest absolute Gasteiger partial charge is 0.253 e. The van der Waals surface area contributed by atoms with Crippen LogP contribution in [0.4, 0.5) is 0 Å². The van der Waals surface area contributed by atoms with Crippen LogP contribution in [0.25, 0.3) is 0 Å². The Balaban J connectivity index is 1.49. The molecule has 1 aromatic carbocycles. The summed E-state index contributed by atoms with van der Waals surface area (Å²) in [6.07, 6.45) is 4.87. The average molecular weight is 378 g/mol. The SMILES string of the molecule is CN(C(=O)c1ccc(S(=O)(=O)N2CCOCC2)cc1)C(C1CC1)C1CC1. The monoisotopic (exact) mass is 378 g/mol. The first-order valence-corrected chi connectivity index (χ1v) is 10.9. The lowest BCUT2D eigenvalue weighted by Crippen LogP contribution is -2.41. The highest BCUT2D eigenvalue weighted by Gasteiger charge is 2.45. The molecule has 2 saturated carbocycles. The van der Waals surface area contributed by atoms with E-state index in [9.17, 15) is 13.2 Å². The van der Waals surface area contributed by atoms with Crippen LogP contribution in [0.5, 0.6) is 0 Å². The third-order valence-electron chi connectivity index (χ3n) is 5.69. The lowest BCUT2D eigenvalue weighted by atomic mass is 10.0. The zero-order valence-electron chi connectivity index (χ0n) is 15.1. The van der Waals surface area contributed by atoms with Crippen LogP contribution in [0.1, 0.15) is 36.0 Å². The van der Waals surface area contributed by atoms with Gasteiger partial charge in [-0.15, -0.1) is 0 Å². The summed E-state index contributed by atoms with van der Waals surface area (Å²) in [5.41, 5.74) is 0.555. The maximum atomic E-state index is 12.9. The molecule has 7 heteroatoms. The number of amides is 1. The maximum Gasteiger partial charge on any atom is 0.253 e. The molecule has 0 N–H and O–H groups in total. The highest BCUT2D eigenvalue weighted by molar-refractivity contribution is 7.89. The van der Waals surface area contributed by atoms with E-state index in [-0.39, 0.29) is 10.8 Å². The number of benzene rings is 1. The van der Waals surface area contributed by atoms with Crippen LogP contribution in [0.15, 0.2) is 29.2 Å². The summed E-state index contributed by atoms with van der Waals surface area (Å²) < 4.78 is 32.0. The van der Waals surface area contributed by atoms with Crippen molar-refractivity contribution in [3.8, 4) is 0 Å². The van der Waals surface area contributed by atoms with Gasteiger partial charge in [-0.1, -0.05) is 0 Å². The van der Waals surface area contributed by atoms with E-state index in [1.807, 2.05) is 11.9 Å². The van der Waals surface area contributed by atoms with Gasteiger partial charge in [-0.2, -0.15) is 4.31 Å². The number of nitrogens with zero attached hydrogens (tertiary/aromatic N) is 2. The summed E-state index contributed by atoms with van der Waals surface area (Å²) in [5, 5.41) is 0. The quantitative estimate of drug-likeness (QED) is 0.759. The van der Waals surface area contributed by atoms with Crippen molar-refractivity contribution in [2.45, 2.75) is 36.6 Å². The Morgan fingerprint density at radius 1 is 1.08 bits per heavy atom. The highest BCUT2D eigenvalue weighted by Crippen LogP contribution is 2.47. The van der Waals surface area contributed by atoms with Crippen LogP contribution in [-0.4, -0.2) is 62.9 Å². The van der Waals surface area contributed by atoms with E-state index in [0.29, 0.717) is 49.7 Å². The van der Waals surface area contributed by atoms with Gasteiger partial charge in [0, 0.05) is 31.7 Å². The van der Waals surface area contributed by atoms with Gasteiger partial charge in [0.1, 0.15) is 0 Å². The van der Waals surface area contributed by atoms with E-state index in [2.05, 4.69) is 0 Å². The lowest BCUT2D eigenvalue weighted by Gasteiger charge is -2.29. The molecule has 3 fully saturated rings. The molecule has 1 aromatic rings. The molecule has 3 aliphatic rings. The number of carbonyl (C=O) groups is 1. The fourth-order valence-electron chi connectivity index (χ4n) is 3.94. The zero-order chi connectivity index (χ0) is 18.3. The first-order chi connectivity index (χ1) is 12.5. The van der Waals surface area contributed by atoms with Gasteiger partial charge in [-0.05, 0) is 61.8 Å². The van der Waals surface area contributed by atoms with Gasteiger partial charge in [0.15, 0.2) is 0 Å². The maximum absolute atomic E-state index is 12.9. The summed E-state index contributed by atoms with van der Waals surface area (Å²) in [6.45, 7) is 1.58. The van der Waals surface area contributed by atoms with Crippen LogP contribution < -0.4 is 0 Å². The Morgan fingerprint density at radius 2 is 1.62 bits per heavy atom. The molecule has 0 aromatic heterocycles. The summed E-state index contributed by atoms with van der Waals surface area (Å²) in [4.78, 5) is 15.0. The summed E-state index contributed by atoms with van der Waals surface area (Å²) >= 11 is 0. The third-order valence-corrected chi connectivity index (χ3v) is 7.60. The number of sulfonamides is 1. The number of carbonyl (C=O) groups excluding carboxylic acids is 1. The van der Waals surface area contributed by atoms with Crippen molar-refractivity contribution < 1.29 is 17.9 Å². The molecule has 2 aliphatic carbocycles. The van der Waals surface area contributed by atoms with Crippen molar-refractivity contribution in [1.82, 2.24) is 9.21 Å². The molecular formula is C19H26N2O4S. The Hall–Kier alpha value is -1.44. The average Bonchev–Trinajstić information content (AvgIpc) is 3.57. The number of ether oxygens (including phenoxy) is 1. The summed E-state index contributed by atoms with van der Waals surface area (Å²) in [5.74, 6) is 1.29. The van der Waals surface area contributed by atoms with Crippen LogP contribution in [0.3, 0.4) is 0 Å². The number of rotatable bonds is 6. The molecule has 1 amide bonds. The van der Waals surface area contributed by atoms with Crippen molar-refractivity contribution in [3.63, 3.8) is 0 Å². The van der Waals surface area contributed by atoms with Gasteiger partial charge in [0.25, 0.3) is 5.91 Å². The van der Waals surface area contributed by atoms with E-state index in [1.165, 1.54) is 30.0 Å². The standard InChI is InChI=1S/C19H26N2O4S/c1-20(18(14-2-3-14)15-4-5-15)19(22)16-6-8-17(9-7-16)26(23,24)21-10-12-25-13-11-21/h6-9,14-15,18H,2-5,10-13H2,1H3. The summed E-state index contributed by atoms with van der Waals surface area (Å²) in [7, 11) is -1.63. The Morgan fingerprint density at radius 3 is 2.12 bits per heavy atom. The second-order valence-electron chi connectivity index (χ2n) is 7.62. The fourth-order valence-corrected chi connectivity index (χ4v) is 5.35. The Labute approximate surface area is 155 Å². The van der Waals surface area contributed by atoms with Gasteiger partial charge in [-0.3, -0.25) is 4.79 Å². The second-order valence-corrected chi connectivity index (χ2v) is 9.56. The van der Waals surface area contributed by atoms with Gasteiger partial charge in [0.05, 0.1) is 18.1 Å². The van der Waals surface area contributed by atoms with Gasteiger partial charge < -0.3 is 9.64 Å². The molecule has 0 bridgehead atoms. The molecule has 0 radical (unpaired) electrons. The minimum absolute atomic E-state index is 0.0101. The molecule has 6 nitrogen and oxygen atoms in total. The lowest BCUT2D eigenvalue weighted by molar-refractivity contribution is 0.0690. The van der Waals surface area contributed by atoms with Gasteiger partial charge >= 0.3 is 0 Å². The van der Waals surface area contributed by atoms with Crippen LogP contribution >= 0.6 is 0 Å². The molecule has 0 unspecified atom stereocenters. The van der Waals surface area contributed by atoms with Crippen LogP contribution in [0.2, 0.25) is 0 Å². The van der Waals surface area contributed by atoms with E-state index in [1.54, 1.807) is 24.3 Å². The molecular weight excluding hydrogens is 352 g/mol. The number of hydrogen-bond donors (Lipinski definition) is 0. The largest absolute Gasteiger partial charge is 0.379 e. The molecule has 1 heterocycles. The molecule has 0 atom stereocenters. The first kappa shape index (κ1) is 17.9. The van der Waals surface area contributed by atoms with Crippen molar-refractivity contribution >= 4 is 15.9 Å². The van der Waals surface area contributed by atoms with Gasteiger partial charge in [0.2, 0.25) is 10.0 Å². The summed E-state index contributed by atoms with van der Waals surface area (Å²) in [6, 6.07) is 6.73. The van der Waals surface area contributed by atoms with Crippen molar-refractivity contribution in [2.24, 2.45) is 11.8 Å². The molecule has 1 saturated heterocycles. The highest BCUT2D eigenvalue weighted by atomic mass is 32.2. The van der Waals surface area contributed by atoms with E-state index in [4.69, 9.17) is 4.74 Å².